The Kier molecular flexibility index (Phi) is 3.37. The van der Waals surface area contributed by atoms with Gasteiger partial charge in [0.1, 0.15) is 0 Å². The number of carboxylic acid groups (broad SMARTS) is 1. The van der Waals surface area contributed by atoms with Crippen molar-refractivity contribution in [1.82, 2.24) is 0 Å². The molecule has 0 aliphatic heterocycles. The molecule has 0 bridgehead atoms. The predicted molar refractivity (Wildman–Crippen MR) is 69.0 cm³/mol. The first-order valence-corrected chi connectivity index (χ1v) is 6.39. The van der Waals surface area contributed by atoms with E-state index in [0.29, 0.717) is 16.9 Å². The molecular formula is C13H14Cl2O2. The third kappa shape index (κ3) is 2.29. The van der Waals surface area contributed by atoms with Crippen LogP contribution in [0.25, 0.3) is 0 Å². The Bertz CT molecular complexity index is 460. The molecule has 3 atom stereocenters. The summed E-state index contributed by atoms with van der Waals surface area (Å²) in [7, 11) is 0. The molecule has 3 unspecified atom stereocenters. The fourth-order valence-corrected chi connectivity index (χ4v) is 3.12. The van der Waals surface area contributed by atoms with Crippen LogP contribution < -0.4 is 0 Å². The summed E-state index contributed by atoms with van der Waals surface area (Å²) in [5.74, 6) is -0.305. The van der Waals surface area contributed by atoms with Crippen LogP contribution in [-0.4, -0.2) is 11.1 Å². The van der Waals surface area contributed by atoms with Crippen molar-refractivity contribution in [2.45, 2.75) is 20.3 Å². The summed E-state index contributed by atoms with van der Waals surface area (Å²) in [4.78, 5) is 11.2. The normalized spacial score (nSPS) is 32.8. The van der Waals surface area contributed by atoms with Crippen LogP contribution in [-0.2, 0) is 4.79 Å². The monoisotopic (exact) mass is 272 g/mol. The number of rotatable bonds is 1. The summed E-state index contributed by atoms with van der Waals surface area (Å²) in [6.07, 6.45) is 4.66. The molecule has 1 saturated carbocycles. The van der Waals surface area contributed by atoms with Gasteiger partial charge in [-0.25, -0.2) is 4.79 Å². The Labute approximate surface area is 111 Å². The van der Waals surface area contributed by atoms with E-state index >= 15 is 0 Å². The minimum Gasteiger partial charge on any atom is -0.478 e. The maximum absolute atomic E-state index is 11.2. The average molecular weight is 273 g/mol. The second-order valence-electron chi connectivity index (χ2n) is 4.73. The van der Waals surface area contributed by atoms with Crippen LogP contribution in [0.1, 0.15) is 20.3 Å². The lowest BCUT2D eigenvalue weighted by atomic mass is 10.1. The molecule has 0 amide bonds. The van der Waals surface area contributed by atoms with Crippen LogP contribution in [0.15, 0.2) is 33.4 Å². The fourth-order valence-electron chi connectivity index (χ4n) is 2.30. The highest BCUT2D eigenvalue weighted by Gasteiger charge is 2.44. The number of carbonyl (C=O) groups is 1. The molecule has 0 saturated heterocycles. The first-order chi connectivity index (χ1) is 7.93. The number of aliphatic carboxylic acids is 1. The molecule has 2 aliphatic rings. The second kappa shape index (κ2) is 4.51. The lowest BCUT2D eigenvalue weighted by molar-refractivity contribution is -0.132. The Morgan fingerprint density at radius 3 is 2.65 bits per heavy atom. The van der Waals surface area contributed by atoms with E-state index in [4.69, 9.17) is 23.2 Å². The average Bonchev–Trinajstić information content (AvgIpc) is 2.83. The van der Waals surface area contributed by atoms with Gasteiger partial charge in [0.15, 0.2) is 0 Å². The molecule has 0 aromatic heterocycles. The topological polar surface area (TPSA) is 37.3 Å². The molecule has 0 aromatic rings. The Morgan fingerprint density at radius 1 is 1.41 bits per heavy atom. The largest absolute Gasteiger partial charge is 0.478 e. The highest BCUT2D eigenvalue weighted by molar-refractivity contribution is 6.39. The van der Waals surface area contributed by atoms with E-state index in [1.165, 1.54) is 5.57 Å². The molecular weight excluding hydrogens is 259 g/mol. The summed E-state index contributed by atoms with van der Waals surface area (Å²) >= 11 is 12.2. The van der Waals surface area contributed by atoms with Gasteiger partial charge in [0.05, 0.1) is 10.6 Å². The molecule has 4 heteroatoms. The van der Waals surface area contributed by atoms with Gasteiger partial charge in [0.25, 0.3) is 0 Å². The molecule has 92 valence electrons. The zero-order chi connectivity index (χ0) is 12.7. The first-order valence-electron chi connectivity index (χ1n) is 5.64. The summed E-state index contributed by atoms with van der Waals surface area (Å²) in [6.45, 7) is 4.15. The zero-order valence-electron chi connectivity index (χ0n) is 9.71. The van der Waals surface area contributed by atoms with Gasteiger partial charge in [-0.1, -0.05) is 54.8 Å². The molecule has 0 aromatic carbocycles. The van der Waals surface area contributed by atoms with Gasteiger partial charge < -0.3 is 5.11 Å². The van der Waals surface area contributed by atoms with Gasteiger partial charge >= 0.3 is 5.97 Å². The zero-order valence-corrected chi connectivity index (χ0v) is 11.2. The van der Waals surface area contributed by atoms with Crippen molar-refractivity contribution in [3.05, 3.63) is 33.4 Å². The van der Waals surface area contributed by atoms with Crippen molar-refractivity contribution in [3.8, 4) is 0 Å². The summed E-state index contributed by atoms with van der Waals surface area (Å²) in [5, 5.41) is 9.81. The van der Waals surface area contributed by atoms with Crippen molar-refractivity contribution in [2.75, 3.05) is 0 Å². The van der Waals surface area contributed by atoms with Gasteiger partial charge in [0.2, 0.25) is 0 Å². The van der Waals surface area contributed by atoms with Crippen LogP contribution in [0.4, 0.5) is 0 Å². The number of hydrogen-bond donors (Lipinski definition) is 1. The first kappa shape index (κ1) is 12.7. The minimum atomic E-state index is -1.05. The fraction of sp³-hybridized carbons (Fsp3) is 0.462. The lowest BCUT2D eigenvalue weighted by Crippen LogP contribution is -2.04. The van der Waals surface area contributed by atoms with Crippen molar-refractivity contribution in [1.29, 1.82) is 0 Å². The number of halogens is 2. The van der Waals surface area contributed by atoms with E-state index in [9.17, 15) is 9.90 Å². The predicted octanol–water partition coefficient (Wildman–Crippen LogP) is 3.92. The number of fused-ring (bicyclic) bond motifs is 1. The van der Waals surface area contributed by atoms with E-state index in [1.54, 1.807) is 6.08 Å². The summed E-state index contributed by atoms with van der Waals surface area (Å²) in [5.41, 5.74) is 1.30. The SMILES string of the molecule is CC1C=C2C(C)C2C(Cl)=C(C(=O)O)C(Cl)=CC1. The van der Waals surface area contributed by atoms with Crippen molar-refractivity contribution in [2.24, 2.45) is 17.8 Å². The van der Waals surface area contributed by atoms with Gasteiger partial charge in [-0.05, 0) is 18.3 Å². The number of carboxylic acids is 1. The molecule has 2 aliphatic carbocycles. The third-order valence-corrected chi connectivity index (χ3v) is 4.15. The minimum absolute atomic E-state index is 0.0467. The molecule has 1 fully saturated rings. The quantitative estimate of drug-likeness (QED) is 0.735. The second-order valence-corrected chi connectivity index (χ2v) is 5.54. The maximum atomic E-state index is 11.2. The number of allylic oxidation sites excluding steroid dienone is 4. The Hall–Kier alpha value is -0.730. The van der Waals surface area contributed by atoms with Crippen LogP contribution in [0.5, 0.6) is 0 Å². The van der Waals surface area contributed by atoms with Crippen molar-refractivity contribution >= 4 is 29.2 Å². The van der Waals surface area contributed by atoms with Gasteiger partial charge in [-0.3, -0.25) is 0 Å². The molecule has 1 N–H and O–H groups in total. The highest BCUT2D eigenvalue weighted by Crippen LogP contribution is 2.54. The maximum Gasteiger partial charge on any atom is 0.338 e. The van der Waals surface area contributed by atoms with Crippen LogP contribution in [0.2, 0.25) is 0 Å². The van der Waals surface area contributed by atoms with Crippen molar-refractivity contribution in [3.63, 3.8) is 0 Å². The van der Waals surface area contributed by atoms with Gasteiger partial charge in [-0.15, -0.1) is 0 Å². The van der Waals surface area contributed by atoms with E-state index in [1.807, 2.05) is 0 Å². The highest BCUT2D eigenvalue weighted by atomic mass is 35.5. The summed E-state index contributed by atoms with van der Waals surface area (Å²) < 4.78 is 0. The van der Waals surface area contributed by atoms with Crippen molar-refractivity contribution < 1.29 is 9.90 Å². The van der Waals surface area contributed by atoms with Gasteiger partial charge in [-0.2, -0.15) is 0 Å². The molecule has 2 rings (SSSR count). The van der Waals surface area contributed by atoms with Crippen LogP contribution in [0, 0.1) is 17.8 Å². The van der Waals surface area contributed by atoms with Crippen LogP contribution in [0.3, 0.4) is 0 Å². The smallest absolute Gasteiger partial charge is 0.338 e. The Morgan fingerprint density at radius 2 is 2.06 bits per heavy atom. The molecule has 0 radical (unpaired) electrons. The van der Waals surface area contributed by atoms with E-state index < -0.39 is 5.97 Å². The third-order valence-electron chi connectivity index (χ3n) is 3.39. The number of hydrogen-bond acceptors (Lipinski definition) is 1. The van der Waals surface area contributed by atoms with Gasteiger partial charge in [0, 0.05) is 11.0 Å². The summed E-state index contributed by atoms with van der Waals surface area (Å²) in [6, 6.07) is 0. The Balaban J connectivity index is 2.51. The van der Waals surface area contributed by atoms with E-state index in [-0.39, 0.29) is 16.5 Å². The van der Waals surface area contributed by atoms with E-state index in [2.05, 4.69) is 19.9 Å². The van der Waals surface area contributed by atoms with E-state index in [0.717, 1.165) is 6.42 Å². The molecule has 17 heavy (non-hydrogen) atoms. The molecule has 0 spiro atoms. The lowest BCUT2D eigenvalue weighted by Gasteiger charge is -2.05. The molecule has 2 nitrogen and oxygen atoms in total. The standard InChI is InChI=1S/C13H14Cl2O2/c1-6-3-4-9(14)11(13(16)17)12(15)10-7(2)8(10)5-6/h4-7,10H,3H2,1-2H3,(H,16,17). The van der Waals surface area contributed by atoms with Crippen LogP contribution >= 0.6 is 23.2 Å². The molecule has 0 heterocycles.